The van der Waals surface area contributed by atoms with Gasteiger partial charge in [-0.05, 0) is 47.1 Å². The molecule has 0 aliphatic carbocycles. The molecule has 3 nitrogen and oxygen atoms in total. The quantitative estimate of drug-likeness (QED) is 0.836. The fraction of sp³-hybridized carbons (Fsp3) is 0.667. The maximum atomic E-state index is 10.2. The van der Waals surface area contributed by atoms with Crippen LogP contribution in [0, 0.1) is 6.92 Å². The average Bonchev–Trinajstić information content (AvgIpc) is 2.34. The first kappa shape index (κ1) is 18.1. The first-order chi connectivity index (χ1) is 9.67. The number of ether oxygens (including phenoxy) is 1. The van der Waals surface area contributed by atoms with Crippen LogP contribution in [-0.4, -0.2) is 40.9 Å². The fourth-order valence-electron chi connectivity index (χ4n) is 2.17. The largest absolute Gasteiger partial charge is 0.389 e. The monoisotopic (exact) mass is 293 g/mol. The van der Waals surface area contributed by atoms with Crippen LogP contribution in [0.4, 0.5) is 0 Å². The number of aliphatic hydroxyl groups excluding tert-OH is 1. The Morgan fingerprint density at radius 3 is 2.43 bits per heavy atom. The highest BCUT2D eigenvalue weighted by molar-refractivity contribution is 5.22. The van der Waals surface area contributed by atoms with Gasteiger partial charge in [0.2, 0.25) is 0 Å². The molecule has 0 amide bonds. The lowest BCUT2D eigenvalue weighted by atomic mass is 10.1. The smallest absolute Gasteiger partial charge is 0.0900 e. The second-order valence-corrected chi connectivity index (χ2v) is 7.09. The number of rotatable bonds is 7. The lowest BCUT2D eigenvalue weighted by Crippen LogP contribution is -2.40. The SMILES string of the molecule is Cc1cccc(CN(CC(O)COC(C)(C)C)C(C)C)c1. The molecule has 1 atom stereocenters. The van der Waals surface area contributed by atoms with E-state index in [2.05, 4.69) is 49.9 Å². The molecule has 0 saturated carbocycles. The summed E-state index contributed by atoms with van der Waals surface area (Å²) in [6.45, 7) is 14.3. The first-order valence-electron chi connectivity index (χ1n) is 7.79. The van der Waals surface area contributed by atoms with Crippen molar-refractivity contribution in [3.63, 3.8) is 0 Å². The van der Waals surface area contributed by atoms with E-state index in [1.807, 2.05) is 20.8 Å². The van der Waals surface area contributed by atoms with Crippen LogP contribution in [-0.2, 0) is 11.3 Å². The van der Waals surface area contributed by atoms with E-state index < -0.39 is 6.10 Å². The molecule has 21 heavy (non-hydrogen) atoms. The maximum Gasteiger partial charge on any atom is 0.0900 e. The zero-order chi connectivity index (χ0) is 16.0. The number of benzene rings is 1. The Morgan fingerprint density at radius 1 is 1.24 bits per heavy atom. The normalized spacial score (nSPS) is 14.0. The van der Waals surface area contributed by atoms with Crippen LogP contribution in [0.25, 0.3) is 0 Å². The summed E-state index contributed by atoms with van der Waals surface area (Å²) in [5.41, 5.74) is 2.35. The van der Waals surface area contributed by atoms with Crippen molar-refractivity contribution in [1.82, 2.24) is 4.90 Å². The van der Waals surface area contributed by atoms with Gasteiger partial charge in [-0.25, -0.2) is 0 Å². The van der Waals surface area contributed by atoms with E-state index in [4.69, 9.17) is 4.74 Å². The van der Waals surface area contributed by atoms with E-state index in [0.29, 0.717) is 19.2 Å². The van der Waals surface area contributed by atoms with E-state index in [1.165, 1.54) is 11.1 Å². The van der Waals surface area contributed by atoms with E-state index in [1.54, 1.807) is 0 Å². The summed E-state index contributed by atoms with van der Waals surface area (Å²) < 4.78 is 5.66. The summed E-state index contributed by atoms with van der Waals surface area (Å²) >= 11 is 0. The van der Waals surface area contributed by atoms with Gasteiger partial charge in [0.05, 0.1) is 18.3 Å². The summed E-state index contributed by atoms with van der Waals surface area (Å²) in [5, 5.41) is 10.2. The van der Waals surface area contributed by atoms with Crippen LogP contribution in [0.2, 0.25) is 0 Å². The Balaban J connectivity index is 2.57. The zero-order valence-corrected chi connectivity index (χ0v) is 14.4. The molecule has 0 saturated heterocycles. The molecule has 0 bridgehead atoms. The fourth-order valence-corrected chi connectivity index (χ4v) is 2.17. The summed E-state index contributed by atoms with van der Waals surface area (Å²) in [7, 11) is 0. The minimum Gasteiger partial charge on any atom is -0.389 e. The van der Waals surface area contributed by atoms with Crippen molar-refractivity contribution in [2.45, 2.75) is 65.8 Å². The van der Waals surface area contributed by atoms with E-state index >= 15 is 0 Å². The zero-order valence-electron chi connectivity index (χ0n) is 14.4. The Bertz CT molecular complexity index is 423. The highest BCUT2D eigenvalue weighted by Gasteiger charge is 2.18. The Kier molecular flexibility index (Phi) is 6.85. The van der Waals surface area contributed by atoms with Crippen LogP contribution < -0.4 is 0 Å². The molecule has 0 aliphatic heterocycles. The number of hydrogen-bond acceptors (Lipinski definition) is 3. The summed E-state index contributed by atoms with van der Waals surface area (Å²) in [5.74, 6) is 0. The second-order valence-electron chi connectivity index (χ2n) is 7.09. The van der Waals surface area contributed by atoms with Gasteiger partial charge in [-0.1, -0.05) is 29.8 Å². The van der Waals surface area contributed by atoms with Gasteiger partial charge < -0.3 is 9.84 Å². The minimum absolute atomic E-state index is 0.208. The Hall–Kier alpha value is -0.900. The van der Waals surface area contributed by atoms with Crippen molar-refractivity contribution < 1.29 is 9.84 Å². The molecule has 0 heterocycles. The van der Waals surface area contributed by atoms with Crippen LogP contribution in [0.1, 0.15) is 45.7 Å². The van der Waals surface area contributed by atoms with Crippen molar-refractivity contribution in [3.05, 3.63) is 35.4 Å². The lowest BCUT2D eigenvalue weighted by molar-refractivity contribution is -0.0587. The second kappa shape index (κ2) is 7.92. The van der Waals surface area contributed by atoms with Crippen LogP contribution >= 0.6 is 0 Å². The van der Waals surface area contributed by atoms with Crippen molar-refractivity contribution in [2.75, 3.05) is 13.2 Å². The lowest BCUT2D eigenvalue weighted by Gasteiger charge is -2.30. The molecule has 1 aromatic rings. The third-order valence-corrected chi connectivity index (χ3v) is 3.35. The maximum absolute atomic E-state index is 10.2. The molecular weight excluding hydrogens is 262 g/mol. The van der Waals surface area contributed by atoms with E-state index in [9.17, 15) is 5.11 Å². The summed E-state index contributed by atoms with van der Waals surface area (Å²) in [4.78, 5) is 2.28. The van der Waals surface area contributed by atoms with Gasteiger partial charge in [0, 0.05) is 19.1 Å². The van der Waals surface area contributed by atoms with Gasteiger partial charge in [0.25, 0.3) is 0 Å². The average molecular weight is 293 g/mol. The molecule has 3 heteroatoms. The molecule has 120 valence electrons. The molecule has 1 rings (SSSR count). The molecule has 0 spiro atoms. The van der Waals surface area contributed by atoms with E-state index in [-0.39, 0.29) is 5.60 Å². The van der Waals surface area contributed by atoms with Gasteiger partial charge in [-0.15, -0.1) is 0 Å². The van der Waals surface area contributed by atoms with Crippen molar-refractivity contribution in [3.8, 4) is 0 Å². The van der Waals surface area contributed by atoms with Gasteiger partial charge in [-0.3, -0.25) is 4.90 Å². The molecule has 0 aromatic heterocycles. The Morgan fingerprint density at radius 2 is 1.90 bits per heavy atom. The minimum atomic E-state index is -0.462. The molecule has 0 fully saturated rings. The number of aliphatic hydroxyl groups is 1. The standard InChI is InChI=1S/C18H31NO2/c1-14(2)19(11-16-9-7-8-15(3)10-16)12-17(20)13-21-18(4,5)6/h7-10,14,17,20H,11-13H2,1-6H3. The van der Waals surface area contributed by atoms with Gasteiger partial charge >= 0.3 is 0 Å². The van der Waals surface area contributed by atoms with Crippen LogP contribution in [0.5, 0.6) is 0 Å². The summed E-state index contributed by atoms with van der Waals surface area (Å²) in [6.07, 6.45) is -0.462. The summed E-state index contributed by atoms with van der Waals surface area (Å²) in [6, 6.07) is 8.92. The highest BCUT2D eigenvalue weighted by Crippen LogP contribution is 2.12. The first-order valence-corrected chi connectivity index (χ1v) is 7.79. The van der Waals surface area contributed by atoms with Crippen LogP contribution in [0.3, 0.4) is 0 Å². The third-order valence-electron chi connectivity index (χ3n) is 3.35. The third kappa shape index (κ3) is 7.60. The van der Waals surface area contributed by atoms with Crippen molar-refractivity contribution in [2.24, 2.45) is 0 Å². The number of nitrogens with zero attached hydrogens (tertiary/aromatic N) is 1. The molecule has 1 aromatic carbocycles. The predicted molar refractivity (Wildman–Crippen MR) is 88.4 cm³/mol. The van der Waals surface area contributed by atoms with Crippen LogP contribution in [0.15, 0.2) is 24.3 Å². The van der Waals surface area contributed by atoms with Gasteiger partial charge in [0.1, 0.15) is 0 Å². The molecule has 0 radical (unpaired) electrons. The topological polar surface area (TPSA) is 32.7 Å². The van der Waals surface area contributed by atoms with Crippen molar-refractivity contribution in [1.29, 1.82) is 0 Å². The van der Waals surface area contributed by atoms with E-state index in [0.717, 1.165) is 6.54 Å². The molecule has 1 N–H and O–H groups in total. The number of aryl methyl sites for hydroxylation is 1. The molecule has 1 unspecified atom stereocenters. The van der Waals surface area contributed by atoms with Crippen molar-refractivity contribution >= 4 is 0 Å². The Labute approximate surface area is 129 Å². The highest BCUT2D eigenvalue weighted by atomic mass is 16.5. The number of hydrogen-bond donors (Lipinski definition) is 1. The molecular formula is C18H31NO2. The van der Waals surface area contributed by atoms with Gasteiger partial charge in [0.15, 0.2) is 0 Å². The van der Waals surface area contributed by atoms with Gasteiger partial charge in [-0.2, -0.15) is 0 Å². The predicted octanol–water partition coefficient (Wildman–Crippen LogP) is 3.38. The molecule has 0 aliphatic rings.